The summed E-state index contributed by atoms with van der Waals surface area (Å²) in [5.41, 5.74) is 0.946. The van der Waals surface area contributed by atoms with Crippen molar-refractivity contribution in [2.75, 3.05) is 0 Å². The summed E-state index contributed by atoms with van der Waals surface area (Å²) < 4.78 is 0.802. The Balaban J connectivity index is 2.53. The number of aromatic carboxylic acids is 1. The van der Waals surface area contributed by atoms with E-state index in [9.17, 15) is 4.79 Å². The first-order chi connectivity index (χ1) is 7.99. The van der Waals surface area contributed by atoms with Gasteiger partial charge in [-0.25, -0.2) is 9.78 Å². The van der Waals surface area contributed by atoms with Gasteiger partial charge in [0, 0.05) is 19.9 Å². The van der Waals surface area contributed by atoms with Crippen LogP contribution in [0.15, 0.2) is 22.7 Å². The summed E-state index contributed by atoms with van der Waals surface area (Å²) in [6, 6.07) is 5.32. The van der Waals surface area contributed by atoms with Gasteiger partial charge in [0.05, 0.1) is 0 Å². The number of thiazole rings is 1. The molecule has 0 saturated heterocycles. The van der Waals surface area contributed by atoms with Crippen LogP contribution in [0.3, 0.4) is 0 Å². The maximum atomic E-state index is 10.9. The van der Waals surface area contributed by atoms with E-state index in [1.807, 2.05) is 6.07 Å². The van der Waals surface area contributed by atoms with Crippen LogP contribution >= 0.6 is 38.9 Å². The average molecular weight is 333 g/mol. The van der Waals surface area contributed by atoms with Crippen LogP contribution in [0.25, 0.3) is 10.6 Å². The third-order valence-corrected chi connectivity index (χ3v) is 4.06. The number of hydrogen-bond acceptors (Lipinski definition) is 3. The van der Waals surface area contributed by atoms with Crippen LogP contribution in [0.1, 0.15) is 15.4 Å². The lowest BCUT2D eigenvalue weighted by atomic mass is 10.2. The van der Waals surface area contributed by atoms with Crippen molar-refractivity contribution in [1.82, 2.24) is 4.98 Å². The molecule has 0 unspecified atom stereocenters. The Bertz CT molecular complexity index is 597. The molecule has 2 aromatic rings. The predicted molar refractivity (Wildman–Crippen MR) is 72.0 cm³/mol. The Morgan fingerprint density at radius 3 is 2.76 bits per heavy atom. The molecule has 1 heterocycles. The van der Waals surface area contributed by atoms with Gasteiger partial charge in [-0.1, -0.05) is 27.5 Å². The number of aromatic nitrogens is 1. The molecule has 0 aliphatic carbocycles. The Morgan fingerprint density at radius 1 is 1.53 bits per heavy atom. The van der Waals surface area contributed by atoms with E-state index in [0.717, 1.165) is 10.0 Å². The van der Waals surface area contributed by atoms with Crippen molar-refractivity contribution in [3.63, 3.8) is 0 Å². The molecule has 6 heteroatoms. The Morgan fingerprint density at radius 2 is 2.24 bits per heavy atom. The first kappa shape index (κ1) is 12.5. The number of hydrogen-bond donors (Lipinski definition) is 1. The highest BCUT2D eigenvalue weighted by atomic mass is 79.9. The third-order valence-electron chi connectivity index (χ3n) is 2.16. The summed E-state index contributed by atoms with van der Waals surface area (Å²) in [5, 5.41) is 10.2. The van der Waals surface area contributed by atoms with Gasteiger partial charge < -0.3 is 5.11 Å². The Labute approximate surface area is 115 Å². The number of carboxylic acid groups (broad SMARTS) is 1. The number of aryl methyl sites for hydroxylation is 1. The highest BCUT2D eigenvalue weighted by Gasteiger charge is 2.16. The molecular formula is C11H7BrClNO2S. The molecule has 1 aromatic carbocycles. The second-order valence-electron chi connectivity index (χ2n) is 3.35. The summed E-state index contributed by atoms with van der Waals surface area (Å²) in [4.78, 5) is 15.7. The average Bonchev–Trinajstić information content (AvgIpc) is 2.60. The van der Waals surface area contributed by atoms with Crippen molar-refractivity contribution in [2.24, 2.45) is 0 Å². The lowest BCUT2D eigenvalue weighted by Crippen LogP contribution is -1.98. The molecule has 17 heavy (non-hydrogen) atoms. The van der Waals surface area contributed by atoms with Crippen LogP contribution in [0.4, 0.5) is 0 Å². The zero-order valence-electron chi connectivity index (χ0n) is 8.70. The number of carboxylic acids is 1. The molecule has 0 aliphatic rings. The van der Waals surface area contributed by atoms with Crippen molar-refractivity contribution >= 4 is 44.8 Å². The third kappa shape index (κ3) is 2.51. The molecule has 3 nitrogen and oxygen atoms in total. The molecule has 1 aromatic heterocycles. The minimum atomic E-state index is -1.00. The zero-order valence-corrected chi connectivity index (χ0v) is 11.9. The zero-order chi connectivity index (χ0) is 12.6. The summed E-state index contributed by atoms with van der Waals surface area (Å²) in [7, 11) is 0. The number of halogens is 2. The summed E-state index contributed by atoms with van der Waals surface area (Å²) >= 11 is 10.6. The van der Waals surface area contributed by atoms with E-state index in [4.69, 9.17) is 16.7 Å². The minimum Gasteiger partial charge on any atom is -0.476 e. The van der Waals surface area contributed by atoms with Crippen molar-refractivity contribution in [3.8, 4) is 10.6 Å². The number of benzene rings is 1. The fourth-order valence-corrected chi connectivity index (χ4v) is 3.32. The van der Waals surface area contributed by atoms with Gasteiger partial charge in [0.1, 0.15) is 5.01 Å². The smallest absolute Gasteiger partial charge is 0.355 e. The van der Waals surface area contributed by atoms with E-state index in [-0.39, 0.29) is 5.69 Å². The summed E-state index contributed by atoms with van der Waals surface area (Å²) in [6.07, 6.45) is 0. The second kappa shape index (κ2) is 4.76. The molecule has 0 amide bonds. The van der Waals surface area contributed by atoms with E-state index < -0.39 is 5.97 Å². The van der Waals surface area contributed by atoms with Gasteiger partial charge in [-0.05, 0) is 25.1 Å². The van der Waals surface area contributed by atoms with Crippen molar-refractivity contribution in [3.05, 3.63) is 38.3 Å². The number of nitrogens with zero attached hydrogens (tertiary/aromatic N) is 1. The fraction of sp³-hybridized carbons (Fsp3) is 0.0909. The van der Waals surface area contributed by atoms with E-state index in [1.165, 1.54) is 11.3 Å². The minimum absolute atomic E-state index is 0.104. The van der Waals surface area contributed by atoms with E-state index in [1.54, 1.807) is 19.1 Å². The standard InChI is InChI=1S/C11H7BrClNO2S/c1-5-9(11(15)16)14-10(17-5)7-3-2-6(13)4-8(7)12/h2-4H,1H3,(H,15,16). The maximum absolute atomic E-state index is 10.9. The van der Waals surface area contributed by atoms with Crippen LogP contribution in [-0.2, 0) is 0 Å². The van der Waals surface area contributed by atoms with Crippen molar-refractivity contribution in [1.29, 1.82) is 0 Å². The lowest BCUT2D eigenvalue weighted by molar-refractivity contribution is 0.0690. The molecule has 0 fully saturated rings. The van der Waals surface area contributed by atoms with Crippen LogP contribution in [0.5, 0.6) is 0 Å². The van der Waals surface area contributed by atoms with Crippen LogP contribution < -0.4 is 0 Å². The highest BCUT2D eigenvalue weighted by molar-refractivity contribution is 9.10. The normalized spacial score (nSPS) is 10.5. The molecule has 0 aliphatic heterocycles. The molecule has 2 rings (SSSR count). The van der Waals surface area contributed by atoms with E-state index in [2.05, 4.69) is 20.9 Å². The summed E-state index contributed by atoms with van der Waals surface area (Å²) in [5.74, 6) is -1.00. The molecule has 1 N–H and O–H groups in total. The summed E-state index contributed by atoms with van der Waals surface area (Å²) in [6.45, 7) is 1.74. The molecule has 0 radical (unpaired) electrons. The van der Waals surface area contributed by atoms with Gasteiger partial charge in [0.25, 0.3) is 0 Å². The van der Waals surface area contributed by atoms with Gasteiger partial charge in [-0.3, -0.25) is 0 Å². The van der Waals surface area contributed by atoms with Crippen molar-refractivity contribution < 1.29 is 9.90 Å². The molecule has 0 atom stereocenters. The van der Waals surface area contributed by atoms with E-state index in [0.29, 0.717) is 14.9 Å². The predicted octanol–water partition coefficient (Wildman–Crippen LogP) is 4.23. The molecule has 0 saturated carbocycles. The monoisotopic (exact) mass is 331 g/mol. The molecule has 0 spiro atoms. The second-order valence-corrected chi connectivity index (χ2v) is 5.85. The Hall–Kier alpha value is -0.910. The number of carbonyl (C=O) groups is 1. The quantitative estimate of drug-likeness (QED) is 0.895. The van der Waals surface area contributed by atoms with Gasteiger partial charge in [-0.15, -0.1) is 11.3 Å². The number of rotatable bonds is 2. The van der Waals surface area contributed by atoms with Crippen LogP contribution in [-0.4, -0.2) is 16.1 Å². The largest absolute Gasteiger partial charge is 0.476 e. The molecule has 0 bridgehead atoms. The van der Waals surface area contributed by atoms with E-state index >= 15 is 0 Å². The van der Waals surface area contributed by atoms with Crippen molar-refractivity contribution in [2.45, 2.75) is 6.92 Å². The van der Waals surface area contributed by atoms with Crippen LogP contribution in [0, 0.1) is 6.92 Å². The maximum Gasteiger partial charge on any atom is 0.355 e. The van der Waals surface area contributed by atoms with Crippen LogP contribution in [0.2, 0.25) is 5.02 Å². The van der Waals surface area contributed by atoms with Gasteiger partial charge in [-0.2, -0.15) is 0 Å². The van der Waals surface area contributed by atoms with Gasteiger partial charge in [0.2, 0.25) is 0 Å². The highest BCUT2D eigenvalue weighted by Crippen LogP contribution is 2.34. The SMILES string of the molecule is Cc1sc(-c2ccc(Cl)cc2Br)nc1C(=O)O. The first-order valence-corrected chi connectivity index (χ1v) is 6.64. The van der Waals surface area contributed by atoms with Gasteiger partial charge in [0.15, 0.2) is 5.69 Å². The Kier molecular flexibility index (Phi) is 3.51. The fourth-order valence-electron chi connectivity index (χ4n) is 1.37. The topological polar surface area (TPSA) is 50.2 Å². The lowest BCUT2D eigenvalue weighted by Gasteiger charge is -2.00. The van der Waals surface area contributed by atoms with Gasteiger partial charge >= 0.3 is 5.97 Å². The molecule has 88 valence electrons. The first-order valence-electron chi connectivity index (χ1n) is 4.65. The molecular weight excluding hydrogens is 326 g/mol.